The van der Waals surface area contributed by atoms with Crippen molar-refractivity contribution in [1.82, 2.24) is 29.6 Å². The molecule has 160 valence electrons. The van der Waals surface area contributed by atoms with Gasteiger partial charge in [0.05, 0.1) is 25.9 Å². The van der Waals surface area contributed by atoms with Crippen LogP contribution in [0.2, 0.25) is 5.02 Å². The number of aromatic nitrogens is 5. The number of carbonyl (C=O) groups excluding carboxylic acids is 1. The van der Waals surface area contributed by atoms with Crippen LogP contribution in [0, 0.1) is 0 Å². The number of hydrogen-bond donors (Lipinski definition) is 0. The minimum Gasteiger partial charge on any atom is -0.453 e. The molecule has 0 radical (unpaired) electrons. The summed E-state index contributed by atoms with van der Waals surface area (Å²) in [7, 11) is 1.38. The first kappa shape index (κ1) is 19.7. The van der Waals surface area contributed by atoms with Crippen LogP contribution in [0.1, 0.15) is 36.0 Å². The van der Waals surface area contributed by atoms with Crippen LogP contribution in [0.15, 0.2) is 36.7 Å². The fourth-order valence-corrected chi connectivity index (χ4v) is 4.54. The Labute approximate surface area is 184 Å². The molecule has 0 unspecified atom stereocenters. The summed E-state index contributed by atoms with van der Waals surface area (Å²) in [5, 5.41) is 9.63. The van der Waals surface area contributed by atoms with Gasteiger partial charge in [-0.3, -0.25) is 9.47 Å². The third kappa shape index (κ3) is 3.69. The molecule has 0 N–H and O–H groups in total. The molecule has 5 rings (SSSR count). The Morgan fingerprint density at radius 3 is 2.65 bits per heavy atom. The van der Waals surface area contributed by atoms with Crippen molar-refractivity contribution in [3.05, 3.63) is 58.9 Å². The SMILES string of the molecule is COC(=O)N1Cc2cc(Cl)ccc2-n2c(nnc2C2CCN(c3ncccn3)CC2)C1. The van der Waals surface area contributed by atoms with E-state index in [1.54, 1.807) is 17.3 Å². The topological polar surface area (TPSA) is 89.3 Å². The summed E-state index contributed by atoms with van der Waals surface area (Å²) in [6, 6.07) is 7.54. The molecule has 31 heavy (non-hydrogen) atoms. The van der Waals surface area contributed by atoms with Gasteiger partial charge in [-0.1, -0.05) is 11.6 Å². The summed E-state index contributed by atoms with van der Waals surface area (Å²) < 4.78 is 7.05. The molecule has 1 saturated heterocycles. The van der Waals surface area contributed by atoms with E-state index >= 15 is 0 Å². The van der Waals surface area contributed by atoms with Gasteiger partial charge in [0.15, 0.2) is 5.82 Å². The fourth-order valence-electron chi connectivity index (χ4n) is 4.34. The lowest BCUT2D eigenvalue weighted by Gasteiger charge is -2.31. The lowest BCUT2D eigenvalue weighted by atomic mass is 9.95. The number of methoxy groups -OCH3 is 1. The third-order valence-electron chi connectivity index (χ3n) is 5.86. The molecule has 2 aromatic heterocycles. The van der Waals surface area contributed by atoms with Crippen molar-refractivity contribution in [3.8, 4) is 5.69 Å². The van der Waals surface area contributed by atoms with Gasteiger partial charge in [-0.2, -0.15) is 0 Å². The van der Waals surface area contributed by atoms with Gasteiger partial charge in [0.1, 0.15) is 5.82 Å². The first-order chi connectivity index (χ1) is 15.1. The maximum atomic E-state index is 12.3. The Bertz CT molecular complexity index is 1100. The van der Waals surface area contributed by atoms with Crippen molar-refractivity contribution < 1.29 is 9.53 Å². The maximum Gasteiger partial charge on any atom is 0.410 e. The highest BCUT2D eigenvalue weighted by Crippen LogP contribution is 2.34. The molecule has 0 spiro atoms. The van der Waals surface area contributed by atoms with Crippen molar-refractivity contribution in [1.29, 1.82) is 0 Å². The van der Waals surface area contributed by atoms with Gasteiger partial charge in [0, 0.05) is 36.4 Å². The number of hydrogen-bond acceptors (Lipinski definition) is 7. The molecule has 0 atom stereocenters. The molecule has 2 aliphatic rings. The van der Waals surface area contributed by atoms with Crippen molar-refractivity contribution >= 4 is 23.6 Å². The number of fused-ring (bicyclic) bond motifs is 3. The van der Waals surface area contributed by atoms with Gasteiger partial charge in [-0.25, -0.2) is 14.8 Å². The van der Waals surface area contributed by atoms with Gasteiger partial charge in [-0.15, -0.1) is 10.2 Å². The number of halogens is 1. The summed E-state index contributed by atoms with van der Waals surface area (Å²) in [5.41, 5.74) is 1.90. The molecule has 9 nitrogen and oxygen atoms in total. The number of ether oxygens (including phenoxy) is 1. The van der Waals surface area contributed by atoms with Crippen LogP contribution in [0.25, 0.3) is 5.69 Å². The summed E-state index contributed by atoms with van der Waals surface area (Å²) in [6.07, 6.45) is 4.96. The standard InChI is InChI=1S/C21H22ClN7O2/c1-31-21(30)28-12-15-11-16(22)3-4-17(15)29-18(13-28)25-26-19(29)14-5-9-27(10-6-14)20-23-7-2-8-24-20/h2-4,7-8,11,14H,5-6,9-10,12-13H2,1H3. The number of anilines is 1. The van der Waals surface area contributed by atoms with Crippen LogP contribution in [0.3, 0.4) is 0 Å². The van der Waals surface area contributed by atoms with E-state index in [9.17, 15) is 4.79 Å². The second kappa shape index (κ2) is 8.14. The van der Waals surface area contributed by atoms with Crippen LogP contribution >= 0.6 is 11.6 Å². The van der Waals surface area contributed by atoms with Gasteiger partial charge in [0.25, 0.3) is 0 Å². The molecule has 2 aliphatic heterocycles. The van der Waals surface area contributed by atoms with Gasteiger partial charge < -0.3 is 9.64 Å². The Balaban J connectivity index is 1.47. The van der Waals surface area contributed by atoms with E-state index in [4.69, 9.17) is 16.3 Å². The number of benzene rings is 1. The maximum absolute atomic E-state index is 12.3. The minimum atomic E-state index is -0.403. The molecular formula is C21H22ClN7O2. The molecule has 0 bridgehead atoms. The summed E-state index contributed by atoms with van der Waals surface area (Å²) in [6.45, 7) is 2.41. The Kier molecular flexibility index (Phi) is 5.19. The largest absolute Gasteiger partial charge is 0.453 e. The third-order valence-corrected chi connectivity index (χ3v) is 6.09. The number of piperidine rings is 1. The van der Waals surface area contributed by atoms with Crippen molar-refractivity contribution in [2.45, 2.75) is 31.8 Å². The number of amides is 1. The van der Waals surface area contributed by atoms with E-state index in [2.05, 4.69) is 29.6 Å². The van der Waals surface area contributed by atoms with Crippen LogP contribution < -0.4 is 4.90 Å². The van der Waals surface area contributed by atoms with E-state index in [1.165, 1.54) is 7.11 Å². The summed E-state index contributed by atoms with van der Waals surface area (Å²) >= 11 is 6.26. The molecule has 0 aliphatic carbocycles. The van der Waals surface area contributed by atoms with E-state index in [0.29, 0.717) is 18.1 Å². The highest BCUT2D eigenvalue weighted by Gasteiger charge is 2.31. The lowest BCUT2D eigenvalue weighted by Crippen LogP contribution is -2.34. The highest BCUT2D eigenvalue weighted by molar-refractivity contribution is 6.30. The number of nitrogens with zero attached hydrogens (tertiary/aromatic N) is 7. The molecule has 1 fully saturated rings. The molecule has 0 saturated carbocycles. The molecule has 10 heteroatoms. The molecule has 1 aromatic carbocycles. The first-order valence-corrected chi connectivity index (χ1v) is 10.6. The fraction of sp³-hybridized carbons (Fsp3) is 0.381. The van der Waals surface area contributed by atoms with E-state index in [-0.39, 0.29) is 5.92 Å². The minimum absolute atomic E-state index is 0.245. The predicted octanol–water partition coefficient (Wildman–Crippen LogP) is 3.18. The Hall–Kier alpha value is -3.20. The highest BCUT2D eigenvalue weighted by atomic mass is 35.5. The van der Waals surface area contributed by atoms with Crippen molar-refractivity contribution in [2.75, 3.05) is 25.1 Å². The van der Waals surface area contributed by atoms with Crippen LogP contribution in [0.4, 0.5) is 10.7 Å². The quantitative estimate of drug-likeness (QED) is 0.605. The van der Waals surface area contributed by atoms with Gasteiger partial charge in [0.2, 0.25) is 5.95 Å². The predicted molar refractivity (Wildman–Crippen MR) is 114 cm³/mol. The second-order valence-corrected chi connectivity index (χ2v) is 8.16. The van der Waals surface area contributed by atoms with Gasteiger partial charge >= 0.3 is 6.09 Å². The van der Waals surface area contributed by atoms with Crippen LogP contribution in [-0.4, -0.2) is 55.9 Å². The lowest BCUT2D eigenvalue weighted by molar-refractivity contribution is 0.117. The summed E-state index contributed by atoms with van der Waals surface area (Å²) in [4.78, 5) is 24.8. The normalized spacial score (nSPS) is 16.5. The molecule has 3 aromatic rings. The number of carbonyl (C=O) groups is 1. The van der Waals surface area contributed by atoms with Crippen molar-refractivity contribution in [2.24, 2.45) is 0 Å². The smallest absolute Gasteiger partial charge is 0.410 e. The van der Waals surface area contributed by atoms with Crippen LogP contribution in [0.5, 0.6) is 0 Å². The Morgan fingerprint density at radius 1 is 1.13 bits per heavy atom. The zero-order chi connectivity index (χ0) is 21.4. The monoisotopic (exact) mass is 439 g/mol. The Morgan fingerprint density at radius 2 is 1.90 bits per heavy atom. The van der Waals surface area contributed by atoms with Crippen LogP contribution in [-0.2, 0) is 17.8 Å². The zero-order valence-electron chi connectivity index (χ0n) is 17.1. The first-order valence-electron chi connectivity index (χ1n) is 10.2. The molecular weight excluding hydrogens is 418 g/mol. The van der Waals surface area contributed by atoms with Crippen molar-refractivity contribution in [3.63, 3.8) is 0 Å². The summed E-state index contributed by atoms with van der Waals surface area (Å²) in [5.74, 6) is 2.64. The van der Waals surface area contributed by atoms with E-state index in [1.807, 2.05) is 24.3 Å². The average molecular weight is 440 g/mol. The zero-order valence-corrected chi connectivity index (χ0v) is 17.9. The van der Waals surface area contributed by atoms with Gasteiger partial charge in [-0.05, 0) is 42.7 Å². The van der Waals surface area contributed by atoms with E-state index < -0.39 is 6.09 Å². The molecule has 4 heterocycles. The second-order valence-electron chi connectivity index (χ2n) is 7.72. The van der Waals surface area contributed by atoms with E-state index in [0.717, 1.165) is 54.8 Å². The number of rotatable bonds is 2. The molecule has 1 amide bonds. The average Bonchev–Trinajstić information content (AvgIpc) is 3.15.